The molecule has 0 aromatic heterocycles. The Morgan fingerprint density at radius 2 is 2.35 bits per heavy atom. The standard InChI is InChI=1S/C16H19ClN2O/c1-16-8-3-2-7-13(16)14(16)15(20)19-18-10-11-5-4-6-12(17)9-11/h4-6,9-10,13-14H,2-3,7-8H2,1H3,(H,19,20)/b18-10-/t13-,14-,16-/m0/s1. The quantitative estimate of drug-likeness (QED) is 0.670. The Balaban J connectivity index is 1.58. The fourth-order valence-corrected chi connectivity index (χ4v) is 3.88. The SMILES string of the molecule is C[C@]12CCCC[C@H]1[C@H]2C(=O)N/N=C\c1cccc(Cl)c1. The minimum atomic E-state index is 0.0673. The average Bonchev–Trinajstić information content (AvgIpc) is 3.04. The molecular weight excluding hydrogens is 272 g/mol. The van der Waals surface area contributed by atoms with Crippen molar-refractivity contribution in [3.8, 4) is 0 Å². The van der Waals surface area contributed by atoms with E-state index in [9.17, 15) is 4.79 Å². The molecule has 4 heteroatoms. The zero-order valence-corrected chi connectivity index (χ0v) is 12.4. The van der Waals surface area contributed by atoms with Gasteiger partial charge in [0.15, 0.2) is 0 Å². The molecule has 3 atom stereocenters. The van der Waals surface area contributed by atoms with Crippen molar-refractivity contribution in [1.82, 2.24) is 5.43 Å². The highest BCUT2D eigenvalue weighted by atomic mass is 35.5. The number of amides is 1. The number of nitrogens with one attached hydrogen (secondary N) is 1. The Kier molecular flexibility index (Phi) is 3.55. The minimum absolute atomic E-state index is 0.0673. The number of carbonyl (C=O) groups excluding carboxylic acids is 1. The average molecular weight is 291 g/mol. The van der Waals surface area contributed by atoms with E-state index >= 15 is 0 Å². The fourth-order valence-electron chi connectivity index (χ4n) is 3.68. The van der Waals surface area contributed by atoms with Gasteiger partial charge in [0.05, 0.1) is 6.21 Å². The lowest BCUT2D eigenvalue weighted by Crippen LogP contribution is -2.22. The van der Waals surface area contributed by atoms with Crippen molar-refractivity contribution in [2.24, 2.45) is 22.4 Å². The molecule has 1 aromatic rings. The van der Waals surface area contributed by atoms with Gasteiger partial charge in [-0.05, 0) is 41.9 Å². The fraction of sp³-hybridized carbons (Fsp3) is 0.500. The third kappa shape index (κ3) is 2.47. The van der Waals surface area contributed by atoms with E-state index in [1.165, 1.54) is 25.7 Å². The van der Waals surface area contributed by atoms with Crippen LogP contribution in [0.4, 0.5) is 0 Å². The van der Waals surface area contributed by atoms with Gasteiger partial charge >= 0.3 is 0 Å². The maximum absolute atomic E-state index is 12.2. The summed E-state index contributed by atoms with van der Waals surface area (Å²) >= 11 is 5.90. The first-order valence-corrected chi connectivity index (χ1v) is 7.57. The zero-order chi connectivity index (χ0) is 14.2. The molecule has 106 valence electrons. The van der Waals surface area contributed by atoms with Crippen LogP contribution in [-0.2, 0) is 4.79 Å². The predicted octanol–water partition coefficient (Wildman–Crippen LogP) is 3.62. The monoisotopic (exact) mass is 290 g/mol. The Morgan fingerprint density at radius 1 is 1.50 bits per heavy atom. The van der Waals surface area contributed by atoms with Crippen LogP contribution in [0, 0.1) is 17.3 Å². The van der Waals surface area contributed by atoms with E-state index in [-0.39, 0.29) is 17.2 Å². The van der Waals surface area contributed by atoms with Crippen molar-refractivity contribution >= 4 is 23.7 Å². The summed E-state index contributed by atoms with van der Waals surface area (Å²) < 4.78 is 0. The van der Waals surface area contributed by atoms with Gasteiger partial charge in [-0.1, -0.05) is 43.5 Å². The number of halogens is 1. The molecule has 0 bridgehead atoms. The maximum Gasteiger partial charge on any atom is 0.244 e. The summed E-state index contributed by atoms with van der Waals surface area (Å²) in [5.74, 6) is 0.789. The highest BCUT2D eigenvalue weighted by Crippen LogP contribution is 2.66. The highest BCUT2D eigenvalue weighted by Gasteiger charge is 2.64. The molecular formula is C16H19ClN2O. The van der Waals surface area contributed by atoms with E-state index in [0.717, 1.165) is 5.56 Å². The molecule has 3 nitrogen and oxygen atoms in total. The van der Waals surface area contributed by atoms with Crippen LogP contribution in [0.2, 0.25) is 5.02 Å². The van der Waals surface area contributed by atoms with Crippen molar-refractivity contribution < 1.29 is 4.79 Å². The van der Waals surface area contributed by atoms with Crippen LogP contribution in [0.3, 0.4) is 0 Å². The molecule has 0 saturated heterocycles. The Labute approximate surface area is 124 Å². The van der Waals surface area contributed by atoms with Crippen LogP contribution in [0.5, 0.6) is 0 Å². The van der Waals surface area contributed by atoms with E-state index in [1.807, 2.05) is 24.3 Å². The third-order valence-corrected chi connectivity index (χ3v) is 5.09. The molecule has 2 aliphatic rings. The van der Waals surface area contributed by atoms with Crippen molar-refractivity contribution in [3.05, 3.63) is 34.9 Å². The van der Waals surface area contributed by atoms with Crippen molar-refractivity contribution in [2.75, 3.05) is 0 Å². The Bertz CT molecular complexity index is 557. The Hall–Kier alpha value is -1.35. The summed E-state index contributed by atoms with van der Waals surface area (Å²) in [4.78, 5) is 12.2. The molecule has 3 rings (SSSR count). The molecule has 0 unspecified atom stereocenters. The van der Waals surface area contributed by atoms with Crippen LogP contribution < -0.4 is 5.43 Å². The number of benzene rings is 1. The topological polar surface area (TPSA) is 41.5 Å². The molecule has 0 aliphatic heterocycles. The largest absolute Gasteiger partial charge is 0.273 e. The lowest BCUT2D eigenvalue weighted by atomic mass is 9.90. The van der Waals surface area contributed by atoms with Crippen molar-refractivity contribution in [3.63, 3.8) is 0 Å². The van der Waals surface area contributed by atoms with Gasteiger partial charge in [0, 0.05) is 10.9 Å². The first kappa shape index (κ1) is 13.6. The summed E-state index contributed by atoms with van der Waals surface area (Å²) in [5, 5.41) is 4.72. The van der Waals surface area contributed by atoms with Crippen LogP contribution in [0.25, 0.3) is 0 Å². The zero-order valence-electron chi connectivity index (χ0n) is 11.6. The number of hydrazone groups is 1. The van der Waals surface area contributed by atoms with E-state index in [2.05, 4.69) is 17.5 Å². The molecule has 2 fully saturated rings. The van der Waals surface area contributed by atoms with Gasteiger partial charge in [0.2, 0.25) is 5.91 Å². The summed E-state index contributed by atoms with van der Waals surface area (Å²) in [6.45, 7) is 2.24. The van der Waals surface area contributed by atoms with Crippen molar-refractivity contribution in [1.29, 1.82) is 0 Å². The van der Waals surface area contributed by atoms with Crippen LogP contribution >= 0.6 is 11.6 Å². The van der Waals surface area contributed by atoms with E-state index in [0.29, 0.717) is 10.9 Å². The molecule has 1 amide bonds. The number of fused-ring (bicyclic) bond motifs is 1. The van der Waals surface area contributed by atoms with Gasteiger partial charge < -0.3 is 0 Å². The lowest BCUT2D eigenvalue weighted by molar-refractivity contribution is -0.123. The van der Waals surface area contributed by atoms with Crippen LogP contribution in [-0.4, -0.2) is 12.1 Å². The Morgan fingerprint density at radius 3 is 3.05 bits per heavy atom. The molecule has 2 saturated carbocycles. The van der Waals surface area contributed by atoms with Crippen molar-refractivity contribution in [2.45, 2.75) is 32.6 Å². The molecule has 0 radical (unpaired) electrons. The smallest absolute Gasteiger partial charge is 0.244 e. The normalized spacial score (nSPS) is 31.9. The minimum Gasteiger partial charge on any atom is -0.273 e. The summed E-state index contributed by atoms with van der Waals surface area (Å²) in [5.41, 5.74) is 3.80. The number of hydrogen-bond donors (Lipinski definition) is 1. The molecule has 1 aromatic carbocycles. The lowest BCUT2D eigenvalue weighted by Gasteiger charge is -2.15. The van der Waals surface area contributed by atoms with Crippen LogP contribution in [0.1, 0.15) is 38.2 Å². The van der Waals surface area contributed by atoms with Gasteiger partial charge in [-0.25, -0.2) is 5.43 Å². The maximum atomic E-state index is 12.2. The highest BCUT2D eigenvalue weighted by molar-refractivity contribution is 6.30. The number of nitrogens with zero attached hydrogens (tertiary/aromatic N) is 1. The van der Waals surface area contributed by atoms with E-state index < -0.39 is 0 Å². The predicted molar refractivity (Wildman–Crippen MR) is 80.7 cm³/mol. The van der Waals surface area contributed by atoms with Gasteiger partial charge in [0.1, 0.15) is 0 Å². The molecule has 0 heterocycles. The first-order valence-electron chi connectivity index (χ1n) is 7.20. The third-order valence-electron chi connectivity index (χ3n) is 4.85. The van der Waals surface area contributed by atoms with Gasteiger partial charge in [-0.15, -0.1) is 0 Å². The van der Waals surface area contributed by atoms with Crippen LogP contribution in [0.15, 0.2) is 29.4 Å². The van der Waals surface area contributed by atoms with Gasteiger partial charge in [-0.3, -0.25) is 4.79 Å². The van der Waals surface area contributed by atoms with E-state index in [4.69, 9.17) is 11.6 Å². The molecule has 20 heavy (non-hydrogen) atoms. The second-order valence-corrected chi connectivity index (χ2v) is 6.56. The molecule has 2 aliphatic carbocycles. The summed E-state index contributed by atoms with van der Waals surface area (Å²) in [6.07, 6.45) is 6.51. The molecule has 0 spiro atoms. The number of hydrogen-bond acceptors (Lipinski definition) is 2. The summed E-state index contributed by atoms with van der Waals surface area (Å²) in [7, 11) is 0. The summed E-state index contributed by atoms with van der Waals surface area (Å²) in [6, 6.07) is 7.39. The van der Waals surface area contributed by atoms with Gasteiger partial charge in [0.25, 0.3) is 0 Å². The molecule has 1 N–H and O–H groups in total. The van der Waals surface area contributed by atoms with Gasteiger partial charge in [-0.2, -0.15) is 5.10 Å². The van der Waals surface area contributed by atoms with E-state index in [1.54, 1.807) is 6.21 Å². The second-order valence-electron chi connectivity index (χ2n) is 6.13. The number of carbonyl (C=O) groups is 1. The number of rotatable bonds is 3. The first-order chi connectivity index (χ1) is 9.61. The second kappa shape index (κ2) is 5.21.